The molecule has 1 aliphatic heterocycles. The highest BCUT2D eigenvalue weighted by molar-refractivity contribution is 5.78. The van der Waals surface area contributed by atoms with Crippen molar-refractivity contribution in [3.63, 3.8) is 0 Å². The van der Waals surface area contributed by atoms with Crippen LogP contribution in [-0.2, 0) is 17.6 Å². The van der Waals surface area contributed by atoms with Crippen molar-refractivity contribution in [2.24, 2.45) is 0 Å². The Labute approximate surface area is 177 Å². The third-order valence-electron chi connectivity index (χ3n) is 5.64. The van der Waals surface area contributed by atoms with Crippen LogP contribution in [0.1, 0.15) is 41.4 Å². The molecule has 3 heterocycles. The molecular formula is C25H27N3O2. The van der Waals surface area contributed by atoms with E-state index in [4.69, 9.17) is 9.72 Å². The fraction of sp³-hybridized carbons (Fsp3) is 0.320. The molecule has 3 aromatic rings. The summed E-state index contributed by atoms with van der Waals surface area (Å²) in [6.07, 6.45) is 4.87. The first-order valence-corrected chi connectivity index (χ1v) is 10.5. The van der Waals surface area contributed by atoms with E-state index in [9.17, 15) is 4.79 Å². The van der Waals surface area contributed by atoms with Gasteiger partial charge in [-0.1, -0.05) is 30.3 Å². The number of para-hydroxylation sites is 1. The van der Waals surface area contributed by atoms with E-state index < -0.39 is 0 Å². The molecule has 1 aromatic carbocycles. The minimum Gasteiger partial charge on any atom is -0.496 e. The Morgan fingerprint density at radius 1 is 1.07 bits per heavy atom. The lowest BCUT2D eigenvalue weighted by atomic mass is 9.93. The number of hydrogen-bond donors (Lipinski definition) is 0. The molecule has 154 valence electrons. The second kappa shape index (κ2) is 9.53. The van der Waals surface area contributed by atoms with E-state index in [0.717, 1.165) is 60.7 Å². The van der Waals surface area contributed by atoms with Crippen molar-refractivity contribution in [2.75, 3.05) is 20.2 Å². The molecular weight excluding hydrogens is 374 g/mol. The molecule has 1 fully saturated rings. The van der Waals surface area contributed by atoms with Gasteiger partial charge in [0, 0.05) is 54.3 Å². The van der Waals surface area contributed by atoms with Crippen LogP contribution < -0.4 is 4.74 Å². The van der Waals surface area contributed by atoms with Gasteiger partial charge in [-0.2, -0.15) is 0 Å². The van der Waals surface area contributed by atoms with Gasteiger partial charge in [0.05, 0.1) is 13.5 Å². The first-order valence-electron chi connectivity index (χ1n) is 10.5. The number of pyridine rings is 2. The summed E-state index contributed by atoms with van der Waals surface area (Å²) < 4.78 is 5.48. The minimum absolute atomic E-state index is 0.142. The van der Waals surface area contributed by atoms with E-state index >= 15 is 0 Å². The SMILES string of the molecule is COc1ccccc1Cc1cccc([C@H]2CCCN(C(=O)Cc3ccccn3)C2)n1. The number of carbonyl (C=O) groups is 1. The number of aromatic nitrogens is 2. The van der Waals surface area contributed by atoms with Gasteiger partial charge in [0.2, 0.25) is 5.91 Å². The highest BCUT2D eigenvalue weighted by Crippen LogP contribution is 2.27. The van der Waals surface area contributed by atoms with Gasteiger partial charge >= 0.3 is 0 Å². The van der Waals surface area contributed by atoms with Gasteiger partial charge < -0.3 is 9.64 Å². The summed E-state index contributed by atoms with van der Waals surface area (Å²) in [5.41, 5.74) is 4.04. The Balaban J connectivity index is 1.44. The molecule has 0 spiro atoms. The molecule has 5 nitrogen and oxygen atoms in total. The van der Waals surface area contributed by atoms with E-state index in [1.165, 1.54) is 0 Å². The van der Waals surface area contributed by atoms with Crippen LogP contribution in [0.3, 0.4) is 0 Å². The Morgan fingerprint density at radius 3 is 2.73 bits per heavy atom. The number of rotatable bonds is 6. The number of amides is 1. The van der Waals surface area contributed by atoms with Crippen molar-refractivity contribution in [1.82, 2.24) is 14.9 Å². The molecule has 4 rings (SSSR count). The molecule has 5 heteroatoms. The zero-order valence-electron chi connectivity index (χ0n) is 17.3. The van der Waals surface area contributed by atoms with Crippen molar-refractivity contribution in [3.8, 4) is 5.75 Å². The molecule has 0 bridgehead atoms. The molecule has 2 aromatic heterocycles. The zero-order chi connectivity index (χ0) is 20.8. The van der Waals surface area contributed by atoms with Gasteiger partial charge in [-0.3, -0.25) is 14.8 Å². The lowest BCUT2D eigenvalue weighted by Crippen LogP contribution is -2.40. The summed E-state index contributed by atoms with van der Waals surface area (Å²) in [7, 11) is 1.70. The number of carbonyl (C=O) groups excluding carboxylic acids is 1. The maximum absolute atomic E-state index is 12.8. The molecule has 1 saturated heterocycles. The van der Waals surface area contributed by atoms with Gasteiger partial charge in [-0.25, -0.2) is 0 Å². The van der Waals surface area contributed by atoms with Crippen LogP contribution in [0.25, 0.3) is 0 Å². The number of ether oxygens (including phenoxy) is 1. The smallest absolute Gasteiger partial charge is 0.228 e. The molecule has 1 atom stereocenters. The lowest BCUT2D eigenvalue weighted by molar-refractivity contribution is -0.131. The van der Waals surface area contributed by atoms with Crippen molar-refractivity contribution in [1.29, 1.82) is 0 Å². The number of nitrogens with zero attached hydrogens (tertiary/aromatic N) is 3. The van der Waals surface area contributed by atoms with Gasteiger partial charge in [-0.05, 0) is 43.2 Å². The first kappa shape index (κ1) is 20.1. The van der Waals surface area contributed by atoms with Crippen LogP contribution >= 0.6 is 0 Å². The molecule has 30 heavy (non-hydrogen) atoms. The summed E-state index contributed by atoms with van der Waals surface area (Å²) in [5, 5.41) is 0. The summed E-state index contributed by atoms with van der Waals surface area (Å²) in [5.74, 6) is 1.29. The fourth-order valence-corrected chi connectivity index (χ4v) is 4.08. The largest absolute Gasteiger partial charge is 0.496 e. The van der Waals surface area contributed by atoms with Crippen LogP contribution in [0.2, 0.25) is 0 Å². The quantitative estimate of drug-likeness (QED) is 0.626. The van der Waals surface area contributed by atoms with Gasteiger partial charge in [0.25, 0.3) is 0 Å². The van der Waals surface area contributed by atoms with E-state index in [-0.39, 0.29) is 11.8 Å². The normalized spacial score (nSPS) is 16.3. The first-order chi connectivity index (χ1) is 14.7. The number of benzene rings is 1. The summed E-state index contributed by atoms with van der Waals surface area (Å²) in [6, 6.07) is 20.0. The molecule has 1 aliphatic rings. The van der Waals surface area contributed by atoms with Gasteiger partial charge in [0.1, 0.15) is 5.75 Å². The summed E-state index contributed by atoms with van der Waals surface area (Å²) >= 11 is 0. The van der Waals surface area contributed by atoms with E-state index in [1.54, 1.807) is 13.3 Å². The Morgan fingerprint density at radius 2 is 1.90 bits per heavy atom. The molecule has 0 unspecified atom stereocenters. The number of hydrogen-bond acceptors (Lipinski definition) is 4. The summed E-state index contributed by atoms with van der Waals surface area (Å²) in [4.78, 5) is 24.0. The van der Waals surface area contributed by atoms with Gasteiger partial charge in [-0.15, -0.1) is 0 Å². The Kier molecular flexibility index (Phi) is 6.38. The van der Waals surface area contributed by atoms with Crippen LogP contribution in [0.4, 0.5) is 0 Å². The summed E-state index contributed by atoms with van der Waals surface area (Å²) in [6.45, 7) is 1.53. The molecule has 0 saturated carbocycles. The van der Waals surface area contributed by atoms with E-state index in [2.05, 4.69) is 29.2 Å². The van der Waals surface area contributed by atoms with Crippen LogP contribution in [0.5, 0.6) is 5.75 Å². The van der Waals surface area contributed by atoms with Crippen LogP contribution in [0, 0.1) is 0 Å². The highest BCUT2D eigenvalue weighted by Gasteiger charge is 2.26. The third kappa shape index (κ3) is 4.85. The zero-order valence-corrected chi connectivity index (χ0v) is 17.3. The number of likely N-dealkylation sites (tertiary alicyclic amines) is 1. The maximum Gasteiger partial charge on any atom is 0.228 e. The average molecular weight is 402 g/mol. The maximum atomic E-state index is 12.8. The van der Waals surface area contributed by atoms with Gasteiger partial charge in [0.15, 0.2) is 0 Å². The van der Waals surface area contributed by atoms with Crippen LogP contribution in [-0.4, -0.2) is 41.0 Å². The Hall–Kier alpha value is -3.21. The third-order valence-corrected chi connectivity index (χ3v) is 5.64. The van der Waals surface area contributed by atoms with E-state index in [1.807, 2.05) is 41.3 Å². The fourth-order valence-electron chi connectivity index (χ4n) is 4.08. The van der Waals surface area contributed by atoms with Crippen molar-refractivity contribution in [2.45, 2.75) is 31.6 Å². The average Bonchev–Trinajstić information content (AvgIpc) is 2.80. The van der Waals surface area contributed by atoms with Crippen molar-refractivity contribution in [3.05, 3.63) is 89.5 Å². The van der Waals surface area contributed by atoms with Crippen molar-refractivity contribution >= 4 is 5.91 Å². The monoisotopic (exact) mass is 401 g/mol. The lowest BCUT2D eigenvalue weighted by Gasteiger charge is -2.32. The molecule has 0 aliphatic carbocycles. The topological polar surface area (TPSA) is 55.3 Å². The van der Waals surface area contributed by atoms with Crippen LogP contribution in [0.15, 0.2) is 66.9 Å². The predicted octanol–water partition coefficient (Wildman–Crippen LogP) is 4.02. The standard InChI is InChI=1S/C25H27N3O2/c1-30-24-13-3-2-8-19(24)16-22-11-6-12-23(27-22)20-9-7-15-28(18-20)25(29)17-21-10-4-5-14-26-21/h2-6,8,10-14,20H,7,9,15-18H2,1H3/t20-/m0/s1. The molecule has 1 amide bonds. The second-order valence-electron chi connectivity index (χ2n) is 7.72. The second-order valence-corrected chi connectivity index (χ2v) is 7.72. The molecule has 0 N–H and O–H groups in total. The van der Waals surface area contributed by atoms with E-state index in [0.29, 0.717) is 6.42 Å². The number of methoxy groups -OCH3 is 1. The predicted molar refractivity (Wildman–Crippen MR) is 117 cm³/mol. The van der Waals surface area contributed by atoms with Crippen molar-refractivity contribution < 1.29 is 9.53 Å². The Bertz CT molecular complexity index is 990. The molecule has 0 radical (unpaired) electrons. The number of piperidine rings is 1. The minimum atomic E-state index is 0.142. The highest BCUT2D eigenvalue weighted by atomic mass is 16.5.